The van der Waals surface area contributed by atoms with Gasteiger partial charge in [0.15, 0.2) is 24.1 Å². The lowest BCUT2D eigenvalue weighted by Crippen LogP contribution is -2.33. The highest BCUT2D eigenvalue weighted by molar-refractivity contribution is 7.89. The number of halogens is 3. The Balaban J connectivity index is 1.87. The summed E-state index contributed by atoms with van der Waals surface area (Å²) in [7, 11) is -4.65. The number of hydrogen-bond donors (Lipinski definition) is 2. The molecule has 0 bridgehead atoms. The summed E-state index contributed by atoms with van der Waals surface area (Å²) < 4.78 is 69.5. The van der Waals surface area contributed by atoms with Gasteiger partial charge in [-0.2, -0.15) is 4.72 Å². The number of rotatable bonds is 7. The first-order chi connectivity index (χ1) is 12.7. The molecule has 2 rings (SSSR count). The molecule has 144 valence electrons. The van der Waals surface area contributed by atoms with Crippen LogP contribution in [0.4, 0.5) is 18.9 Å². The van der Waals surface area contributed by atoms with E-state index in [1.807, 2.05) is 0 Å². The van der Waals surface area contributed by atoms with Crippen molar-refractivity contribution in [1.82, 2.24) is 4.72 Å². The van der Waals surface area contributed by atoms with E-state index in [0.717, 1.165) is 0 Å². The van der Waals surface area contributed by atoms with E-state index >= 15 is 0 Å². The number of anilines is 1. The molecule has 27 heavy (non-hydrogen) atoms. The lowest BCUT2D eigenvalue weighted by atomic mass is 10.3. The molecule has 2 aromatic carbocycles. The van der Waals surface area contributed by atoms with Crippen molar-refractivity contribution in [2.75, 3.05) is 18.5 Å². The van der Waals surface area contributed by atoms with Crippen LogP contribution in [0.15, 0.2) is 47.4 Å². The van der Waals surface area contributed by atoms with Crippen molar-refractivity contribution in [3.05, 3.63) is 59.9 Å². The molecule has 0 aliphatic heterocycles. The van der Waals surface area contributed by atoms with Gasteiger partial charge in [-0.1, -0.05) is 18.2 Å². The molecule has 0 heterocycles. The molecule has 0 aromatic heterocycles. The van der Waals surface area contributed by atoms with Crippen LogP contribution in [-0.4, -0.2) is 33.4 Å². The predicted octanol–water partition coefficient (Wildman–Crippen LogP) is 1.56. The summed E-state index contributed by atoms with van der Waals surface area (Å²) in [4.78, 5) is 22.0. The molecule has 0 saturated heterocycles. The second-order valence-corrected chi connectivity index (χ2v) is 6.81. The van der Waals surface area contributed by atoms with Crippen LogP contribution in [-0.2, 0) is 24.3 Å². The van der Waals surface area contributed by atoms with Gasteiger partial charge in [0.05, 0.1) is 0 Å². The fraction of sp³-hybridized carbons (Fsp3) is 0.125. The predicted molar refractivity (Wildman–Crippen MR) is 87.5 cm³/mol. The summed E-state index contributed by atoms with van der Waals surface area (Å²) in [6.45, 7) is -1.63. The summed E-state index contributed by atoms with van der Waals surface area (Å²) in [5.74, 6) is -7.24. The number of para-hydroxylation sites is 1. The third-order valence-corrected chi connectivity index (χ3v) is 4.54. The zero-order valence-corrected chi connectivity index (χ0v) is 14.4. The Kier molecular flexibility index (Phi) is 6.53. The van der Waals surface area contributed by atoms with Crippen LogP contribution in [0.5, 0.6) is 0 Å². The zero-order valence-electron chi connectivity index (χ0n) is 13.5. The molecule has 0 unspecified atom stereocenters. The van der Waals surface area contributed by atoms with E-state index in [2.05, 4.69) is 10.1 Å². The van der Waals surface area contributed by atoms with Crippen molar-refractivity contribution in [2.45, 2.75) is 4.90 Å². The van der Waals surface area contributed by atoms with Crippen LogP contribution in [0.3, 0.4) is 0 Å². The Morgan fingerprint density at radius 1 is 0.963 bits per heavy atom. The number of ether oxygens (including phenoxy) is 1. The molecule has 0 aliphatic carbocycles. The third kappa shape index (κ3) is 5.53. The molecular formula is C16H13F3N2O5S. The van der Waals surface area contributed by atoms with Crippen molar-refractivity contribution in [1.29, 1.82) is 0 Å². The fourth-order valence-electron chi connectivity index (χ4n) is 1.86. The highest BCUT2D eigenvalue weighted by Gasteiger charge is 2.24. The second-order valence-electron chi connectivity index (χ2n) is 5.07. The maximum atomic E-state index is 13.5. The van der Waals surface area contributed by atoms with Crippen LogP contribution in [0.2, 0.25) is 0 Å². The number of carbonyl (C=O) groups is 2. The van der Waals surface area contributed by atoms with Crippen LogP contribution >= 0.6 is 0 Å². The van der Waals surface area contributed by atoms with Crippen molar-refractivity contribution in [2.24, 2.45) is 0 Å². The number of benzene rings is 2. The first kappa shape index (κ1) is 20.4. The number of esters is 1. The first-order valence-corrected chi connectivity index (χ1v) is 8.82. The van der Waals surface area contributed by atoms with Gasteiger partial charge in [-0.25, -0.2) is 21.6 Å². The molecule has 7 nitrogen and oxygen atoms in total. The molecule has 0 fully saturated rings. The molecule has 0 saturated carbocycles. The number of sulfonamides is 1. The molecule has 11 heteroatoms. The highest BCUT2D eigenvalue weighted by Crippen LogP contribution is 2.19. The Bertz CT molecular complexity index is 952. The summed E-state index contributed by atoms with van der Waals surface area (Å²) in [5, 5.41) is 2.43. The Hall–Kier alpha value is -2.92. The third-order valence-electron chi connectivity index (χ3n) is 3.12. The second kappa shape index (κ2) is 8.64. The molecule has 1 amide bonds. The summed E-state index contributed by atoms with van der Waals surface area (Å²) in [6.07, 6.45) is 0. The van der Waals surface area contributed by atoms with Gasteiger partial charge in [-0.05, 0) is 24.3 Å². The van der Waals surface area contributed by atoms with Gasteiger partial charge in [0.1, 0.15) is 11.4 Å². The lowest BCUT2D eigenvalue weighted by Gasteiger charge is -2.09. The Labute approximate surface area is 152 Å². The summed E-state index contributed by atoms with van der Waals surface area (Å²) in [6, 6.07) is 9.22. The van der Waals surface area contributed by atoms with Crippen molar-refractivity contribution < 1.29 is 35.9 Å². The average molecular weight is 402 g/mol. The van der Waals surface area contributed by atoms with Gasteiger partial charge < -0.3 is 10.1 Å². The van der Waals surface area contributed by atoms with E-state index in [-0.39, 0.29) is 0 Å². The van der Waals surface area contributed by atoms with Crippen LogP contribution in [0.25, 0.3) is 0 Å². The van der Waals surface area contributed by atoms with Crippen LogP contribution in [0.1, 0.15) is 0 Å². The van der Waals surface area contributed by atoms with Gasteiger partial charge in [-0.3, -0.25) is 9.59 Å². The minimum Gasteiger partial charge on any atom is -0.455 e. The maximum Gasteiger partial charge on any atom is 0.321 e. The van der Waals surface area contributed by atoms with E-state index in [1.54, 1.807) is 35.1 Å². The normalized spacial score (nSPS) is 11.1. The largest absolute Gasteiger partial charge is 0.455 e. The lowest BCUT2D eigenvalue weighted by molar-refractivity contribution is -0.146. The summed E-state index contributed by atoms with van der Waals surface area (Å²) >= 11 is 0. The molecule has 2 aromatic rings. The van der Waals surface area contributed by atoms with E-state index < -0.39 is 57.4 Å². The van der Waals surface area contributed by atoms with Gasteiger partial charge in [-0.15, -0.1) is 0 Å². The molecule has 0 spiro atoms. The van der Waals surface area contributed by atoms with Crippen molar-refractivity contribution >= 4 is 27.6 Å². The van der Waals surface area contributed by atoms with E-state index in [4.69, 9.17) is 0 Å². The van der Waals surface area contributed by atoms with Crippen molar-refractivity contribution in [3.8, 4) is 0 Å². The topological polar surface area (TPSA) is 102 Å². The van der Waals surface area contributed by atoms with Crippen LogP contribution < -0.4 is 10.0 Å². The summed E-state index contributed by atoms with van der Waals surface area (Å²) in [5.41, 5.74) is 0.466. The van der Waals surface area contributed by atoms with E-state index in [9.17, 15) is 31.2 Å². The van der Waals surface area contributed by atoms with E-state index in [0.29, 0.717) is 17.8 Å². The molecular weight excluding hydrogens is 389 g/mol. The SMILES string of the molecule is O=C(COC(=O)CNS(=O)(=O)c1ccc(F)c(F)c1F)Nc1ccccc1. The van der Waals surface area contributed by atoms with Gasteiger partial charge in [0.2, 0.25) is 10.0 Å². The average Bonchev–Trinajstić information content (AvgIpc) is 2.63. The quantitative estimate of drug-likeness (QED) is 0.541. The van der Waals surface area contributed by atoms with Crippen LogP contribution in [0, 0.1) is 17.5 Å². The number of hydrogen-bond acceptors (Lipinski definition) is 5. The van der Waals surface area contributed by atoms with Gasteiger partial charge in [0.25, 0.3) is 5.91 Å². The molecule has 0 atom stereocenters. The highest BCUT2D eigenvalue weighted by atomic mass is 32.2. The Morgan fingerprint density at radius 2 is 1.63 bits per heavy atom. The number of nitrogens with one attached hydrogen (secondary N) is 2. The number of amides is 1. The minimum atomic E-state index is -4.65. The fourth-order valence-corrected chi connectivity index (χ4v) is 2.90. The minimum absolute atomic E-state index is 0.430. The van der Waals surface area contributed by atoms with E-state index in [1.165, 1.54) is 0 Å². The van der Waals surface area contributed by atoms with Crippen molar-refractivity contribution in [3.63, 3.8) is 0 Å². The number of carbonyl (C=O) groups excluding carboxylic acids is 2. The smallest absolute Gasteiger partial charge is 0.321 e. The zero-order chi connectivity index (χ0) is 20.0. The molecule has 0 radical (unpaired) electrons. The molecule has 0 aliphatic rings. The Morgan fingerprint density at radius 3 is 2.30 bits per heavy atom. The molecule has 2 N–H and O–H groups in total. The first-order valence-electron chi connectivity index (χ1n) is 7.34. The maximum absolute atomic E-state index is 13.5. The monoisotopic (exact) mass is 402 g/mol. The van der Waals surface area contributed by atoms with Gasteiger partial charge >= 0.3 is 5.97 Å². The van der Waals surface area contributed by atoms with Gasteiger partial charge in [0, 0.05) is 5.69 Å². The standard InChI is InChI=1S/C16H13F3N2O5S/c17-11-6-7-12(16(19)15(11)18)27(24,25)20-8-14(23)26-9-13(22)21-10-4-2-1-3-5-10/h1-7,20H,8-9H2,(H,21,22).